The number of para-hydroxylation sites is 1. The maximum Gasteiger partial charge on any atom is 0.325 e. The summed E-state index contributed by atoms with van der Waals surface area (Å²) in [6.45, 7) is 3.55. The van der Waals surface area contributed by atoms with E-state index in [2.05, 4.69) is 5.32 Å². The average molecular weight is 391 g/mol. The number of hydrogen-bond donors (Lipinski definition) is 1. The van der Waals surface area contributed by atoms with Crippen molar-refractivity contribution in [3.63, 3.8) is 0 Å². The quantitative estimate of drug-likeness (QED) is 0.814. The van der Waals surface area contributed by atoms with Gasteiger partial charge in [-0.05, 0) is 56.4 Å². The van der Waals surface area contributed by atoms with Gasteiger partial charge >= 0.3 is 6.03 Å². The number of carbonyl (C=O) groups excluding carboxylic acids is 3. The van der Waals surface area contributed by atoms with E-state index in [1.807, 2.05) is 68.4 Å². The Balaban J connectivity index is 1.62. The molecule has 29 heavy (non-hydrogen) atoms. The Labute approximate surface area is 170 Å². The monoisotopic (exact) mass is 391 g/mol. The van der Waals surface area contributed by atoms with E-state index in [0.29, 0.717) is 6.42 Å². The normalized spacial score (nSPS) is 20.7. The Bertz CT molecular complexity index is 957. The molecule has 1 aliphatic heterocycles. The SMILES string of the molecule is CC(C)N(C(=O)CN1C(=O)NC2(CCCc3ccccc32)C1=O)c1ccccc1. The van der Waals surface area contributed by atoms with Crippen LogP contribution in [0.3, 0.4) is 0 Å². The van der Waals surface area contributed by atoms with Gasteiger partial charge in [0, 0.05) is 11.7 Å². The van der Waals surface area contributed by atoms with Gasteiger partial charge in [-0.15, -0.1) is 0 Å². The fourth-order valence-corrected chi connectivity index (χ4v) is 4.49. The Morgan fingerprint density at radius 2 is 1.79 bits per heavy atom. The third-order valence-corrected chi connectivity index (χ3v) is 5.76. The van der Waals surface area contributed by atoms with Gasteiger partial charge in [-0.25, -0.2) is 4.79 Å². The Kier molecular flexibility index (Phi) is 4.86. The maximum atomic E-state index is 13.4. The number of imide groups is 1. The van der Waals surface area contributed by atoms with Gasteiger partial charge < -0.3 is 10.2 Å². The molecule has 0 radical (unpaired) electrons. The van der Waals surface area contributed by atoms with Crippen molar-refractivity contribution in [1.29, 1.82) is 0 Å². The number of hydrogen-bond acceptors (Lipinski definition) is 3. The molecule has 1 spiro atoms. The molecule has 1 saturated heterocycles. The number of anilines is 1. The van der Waals surface area contributed by atoms with Gasteiger partial charge in [0.15, 0.2) is 0 Å². The number of aryl methyl sites for hydroxylation is 1. The minimum atomic E-state index is -1.05. The van der Waals surface area contributed by atoms with E-state index in [1.54, 1.807) is 4.90 Å². The molecule has 1 atom stereocenters. The molecule has 1 aliphatic carbocycles. The number of rotatable bonds is 4. The summed E-state index contributed by atoms with van der Waals surface area (Å²) >= 11 is 0. The van der Waals surface area contributed by atoms with Gasteiger partial charge in [0.05, 0.1) is 0 Å². The molecule has 1 unspecified atom stereocenters. The van der Waals surface area contributed by atoms with Crippen molar-refractivity contribution in [2.24, 2.45) is 0 Å². The average Bonchev–Trinajstić information content (AvgIpc) is 2.94. The van der Waals surface area contributed by atoms with Crippen molar-refractivity contribution in [2.45, 2.75) is 44.7 Å². The minimum absolute atomic E-state index is 0.102. The Hall–Kier alpha value is -3.15. The van der Waals surface area contributed by atoms with Crippen molar-refractivity contribution in [1.82, 2.24) is 10.2 Å². The predicted octanol–water partition coefficient (Wildman–Crippen LogP) is 3.21. The van der Waals surface area contributed by atoms with Crippen molar-refractivity contribution in [3.05, 3.63) is 65.7 Å². The van der Waals surface area contributed by atoms with E-state index in [4.69, 9.17) is 0 Å². The highest BCUT2D eigenvalue weighted by molar-refractivity contribution is 6.11. The third kappa shape index (κ3) is 3.18. The van der Waals surface area contributed by atoms with Gasteiger partial charge in [0.25, 0.3) is 5.91 Å². The zero-order valence-electron chi connectivity index (χ0n) is 16.7. The van der Waals surface area contributed by atoms with Crippen LogP contribution in [0.15, 0.2) is 54.6 Å². The highest BCUT2D eigenvalue weighted by Gasteiger charge is 2.54. The van der Waals surface area contributed by atoms with E-state index in [0.717, 1.165) is 34.6 Å². The van der Waals surface area contributed by atoms with Crippen LogP contribution in [-0.4, -0.2) is 35.3 Å². The Morgan fingerprint density at radius 1 is 1.10 bits per heavy atom. The van der Waals surface area contributed by atoms with E-state index in [9.17, 15) is 14.4 Å². The standard InChI is InChI=1S/C23H25N3O3/c1-16(2)26(18-11-4-3-5-12-18)20(27)15-25-21(28)23(24-22(25)29)14-8-10-17-9-6-7-13-19(17)23/h3-7,9,11-13,16H,8,10,14-15H2,1-2H3,(H,24,29). The van der Waals surface area contributed by atoms with E-state index in [-0.39, 0.29) is 24.4 Å². The number of amides is 4. The van der Waals surface area contributed by atoms with Crippen molar-refractivity contribution in [2.75, 3.05) is 11.4 Å². The van der Waals surface area contributed by atoms with E-state index in [1.165, 1.54) is 0 Å². The fraction of sp³-hybridized carbons (Fsp3) is 0.348. The molecule has 4 amide bonds. The topological polar surface area (TPSA) is 69.7 Å². The van der Waals surface area contributed by atoms with Gasteiger partial charge in [-0.3, -0.25) is 14.5 Å². The van der Waals surface area contributed by atoms with Crippen LogP contribution < -0.4 is 10.2 Å². The highest BCUT2D eigenvalue weighted by Crippen LogP contribution is 2.39. The number of benzene rings is 2. The molecule has 4 rings (SSSR count). The molecule has 2 aromatic rings. The van der Waals surface area contributed by atoms with Crippen molar-refractivity contribution in [3.8, 4) is 0 Å². The predicted molar refractivity (Wildman–Crippen MR) is 110 cm³/mol. The number of carbonyl (C=O) groups is 3. The zero-order valence-corrected chi connectivity index (χ0v) is 16.7. The molecular formula is C23H25N3O3. The highest BCUT2D eigenvalue weighted by atomic mass is 16.2. The number of nitrogens with one attached hydrogen (secondary N) is 1. The molecule has 2 aliphatic rings. The molecule has 1 fully saturated rings. The summed E-state index contributed by atoms with van der Waals surface area (Å²) in [4.78, 5) is 41.9. The first-order valence-corrected chi connectivity index (χ1v) is 10.0. The second kappa shape index (κ2) is 7.35. The van der Waals surface area contributed by atoms with Crippen molar-refractivity contribution < 1.29 is 14.4 Å². The van der Waals surface area contributed by atoms with Gasteiger partial charge in [-0.2, -0.15) is 0 Å². The number of fused-ring (bicyclic) bond motifs is 2. The van der Waals surface area contributed by atoms with Crippen LogP contribution in [0, 0.1) is 0 Å². The van der Waals surface area contributed by atoms with Gasteiger partial charge in [-0.1, -0.05) is 42.5 Å². The summed E-state index contributed by atoms with van der Waals surface area (Å²) in [5, 5.41) is 2.91. The zero-order chi connectivity index (χ0) is 20.6. The molecule has 6 nitrogen and oxygen atoms in total. The first-order chi connectivity index (χ1) is 13.9. The molecule has 0 saturated carbocycles. The summed E-state index contributed by atoms with van der Waals surface area (Å²) in [5.74, 6) is -0.615. The summed E-state index contributed by atoms with van der Waals surface area (Å²) in [6, 6.07) is 16.4. The molecule has 1 heterocycles. The van der Waals surface area contributed by atoms with E-state index >= 15 is 0 Å². The van der Waals surface area contributed by atoms with Crippen LogP contribution in [0.5, 0.6) is 0 Å². The lowest BCUT2D eigenvalue weighted by atomic mass is 9.76. The fourth-order valence-electron chi connectivity index (χ4n) is 4.49. The first-order valence-electron chi connectivity index (χ1n) is 10.0. The molecule has 2 aromatic carbocycles. The van der Waals surface area contributed by atoms with Crippen molar-refractivity contribution >= 4 is 23.5 Å². The second-order valence-electron chi connectivity index (χ2n) is 7.93. The lowest BCUT2D eigenvalue weighted by molar-refractivity contribution is -0.135. The molecule has 1 N–H and O–H groups in total. The lowest BCUT2D eigenvalue weighted by Crippen LogP contribution is -2.48. The van der Waals surface area contributed by atoms with Crippen LogP contribution in [0.1, 0.15) is 37.8 Å². The summed E-state index contributed by atoms with van der Waals surface area (Å²) in [5.41, 5.74) is 1.62. The second-order valence-corrected chi connectivity index (χ2v) is 7.93. The van der Waals surface area contributed by atoms with Crippen LogP contribution in [0.4, 0.5) is 10.5 Å². The summed E-state index contributed by atoms with van der Waals surface area (Å²) in [7, 11) is 0. The summed E-state index contributed by atoms with van der Waals surface area (Å²) in [6.07, 6.45) is 2.24. The summed E-state index contributed by atoms with van der Waals surface area (Å²) < 4.78 is 0. The largest absolute Gasteiger partial charge is 0.325 e. The maximum absolute atomic E-state index is 13.4. The molecule has 0 bridgehead atoms. The molecule has 0 aromatic heterocycles. The third-order valence-electron chi connectivity index (χ3n) is 5.76. The molecule has 150 valence electrons. The van der Waals surface area contributed by atoms with Crippen LogP contribution in [0.25, 0.3) is 0 Å². The minimum Gasteiger partial charge on any atom is -0.319 e. The first kappa shape index (κ1) is 19.2. The van der Waals surface area contributed by atoms with Crippen LogP contribution in [-0.2, 0) is 21.5 Å². The lowest BCUT2D eigenvalue weighted by Gasteiger charge is -2.33. The van der Waals surface area contributed by atoms with Crippen LogP contribution >= 0.6 is 0 Å². The van der Waals surface area contributed by atoms with E-state index < -0.39 is 11.6 Å². The van der Waals surface area contributed by atoms with Gasteiger partial charge in [0.2, 0.25) is 5.91 Å². The smallest absolute Gasteiger partial charge is 0.319 e. The number of urea groups is 1. The molecular weight excluding hydrogens is 366 g/mol. The molecule has 6 heteroatoms. The Morgan fingerprint density at radius 3 is 2.52 bits per heavy atom. The van der Waals surface area contributed by atoms with Crippen LogP contribution in [0.2, 0.25) is 0 Å². The van der Waals surface area contributed by atoms with Gasteiger partial charge in [0.1, 0.15) is 12.1 Å². The number of nitrogens with zero attached hydrogens (tertiary/aromatic N) is 2.